The van der Waals surface area contributed by atoms with E-state index >= 15 is 0 Å². The summed E-state index contributed by atoms with van der Waals surface area (Å²) < 4.78 is 36.4. The van der Waals surface area contributed by atoms with E-state index in [1.807, 2.05) is 78.9 Å². The summed E-state index contributed by atoms with van der Waals surface area (Å²) in [5, 5.41) is 11.5. The standard InChI is InChI=1S/C34H38N2O9/c1-22-20-36(33(39)35-31(22)38)32-30(43-19-18-40-2)29(37)28(45-32)21-44-34(23-8-6-5-7-9-23,24-10-14-26(41-3)15-11-24)25-12-16-27(42-4)17-13-25/h5-17,20,28-30,32,37H,18-19,21H2,1-4H3,(H,35,38,39)/t28-,29-,30-,32-/m0/s1. The number of nitrogens with zero attached hydrogens (tertiary/aromatic N) is 1. The molecule has 1 aliphatic heterocycles. The van der Waals surface area contributed by atoms with E-state index in [2.05, 4.69) is 4.98 Å². The minimum absolute atomic E-state index is 0.0914. The number of ether oxygens (including phenoxy) is 6. The van der Waals surface area contributed by atoms with Crippen LogP contribution in [0.3, 0.4) is 0 Å². The quantitative estimate of drug-likeness (QED) is 0.171. The molecule has 0 unspecified atom stereocenters. The molecule has 4 aromatic rings. The molecule has 45 heavy (non-hydrogen) atoms. The van der Waals surface area contributed by atoms with Crippen LogP contribution < -0.4 is 20.7 Å². The van der Waals surface area contributed by atoms with E-state index in [-0.39, 0.29) is 19.8 Å². The number of aliphatic hydroxyl groups excluding tert-OH is 1. The number of aliphatic hydroxyl groups is 1. The number of methoxy groups -OCH3 is 3. The number of H-pyrrole nitrogens is 1. The van der Waals surface area contributed by atoms with Gasteiger partial charge in [-0.3, -0.25) is 14.3 Å². The van der Waals surface area contributed by atoms with Crippen LogP contribution in [-0.4, -0.2) is 74.1 Å². The summed E-state index contributed by atoms with van der Waals surface area (Å²) in [7, 11) is 4.75. The van der Waals surface area contributed by atoms with E-state index in [1.165, 1.54) is 17.9 Å². The monoisotopic (exact) mass is 618 g/mol. The second-order valence-corrected chi connectivity index (χ2v) is 10.7. The largest absolute Gasteiger partial charge is 0.497 e. The Kier molecular flexibility index (Phi) is 10.2. The minimum Gasteiger partial charge on any atom is -0.497 e. The van der Waals surface area contributed by atoms with Crippen molar-refractivity contribution in [2.75, 3.05) is 41.2 Å². The maximum absolute atomic E-state index is 12.9. The average Bonchev–Trinajstić information content (AvgIpc) is 3.38. The Balaban J connectivity index is 1.56. The summed E-state index contributed by atoms with van der Waals surface area (Å²) >= 11 is 0. The Hall–Kier alpha value is -4.26. The lowest BCUT2D eigenvalue weighted by atomic mass is 9.80. The third-order valence-electron chi connectivity index (χ3n) is 7.97. The van der Waals surface area contributed by atoms with E-state index in [0.717, 1.165) is 16.7 Å². The van der Waals surface area contributed by atoms with Crippen molar-refractivity contribution in [1.29, 1.82) is 0 Å². The molecule has 3 aromatic carbocycles. The van der Waals surface area contributed by atoms with E-state index in [9.17, 15) is 14.7 Å². The maximum Gasteiger partial charge on any atom is 0.330 e. The van der Waals surface area contributed by atoms with Crippen LogP contribution in [0.4, 0.5) is 0 Å². The van der Waals surface area contributed by atoms with Gasteiger partial charge in [0.2, 0.25) is 0 Å². The first kappa shape index (κ1) is 32.1. The van der Waals surface area contributed by atoms with Gasteiger partial charge >= 0.3 is 5.69 Å². The van der Waals surface area contributed by atoms with Crippen molar-refractivity contribution in [1.82, 2.24) is 9.55 Å². The number of rotatable bonds is 13. The zero-order valence-corrected chi connectivity index (χ0v) is 25.7. The highest BCUT2D eigenvalue weighted by molar-refractivity contribution is 5.49. The van der Waals surface area contributed by atoms with Crippen LogP contribution in [0.1, 0.15) is 28.5 Å². The topological polar surface area (TPSA) is 130 Å². The van der Waals surface area contributed by atoms with E-state index in [4.69, 9.17) is 28.4 Å². The van der Waals surface area contributed by atoms with Gasteiger partial charge in [0, 0.05) is 18.9 Å². The molecule has 2 heterocycles. The lowest BCUT2D eigenvalue weighted by Crippen LogP contribution is -2.41. The first-order valence-corrected chi connectivity index (χ1v) is 14.6. The van der Waals surface area contributed by atoms with Gasteiger partial charge in [-0.1, -0.05) is 54.6 Å². The zero-order valence-electron chi connectivity index (χ0n) is 25.7. The van der Waals surface area contributed by atoms with Gasteiger partial charge in [-0.05, 0) is 47.9 Å². The van der Waals surface area contributed by atoms with Crippen molar-refractivity contribution < 1.29 is 33.5 Å². The highest BCUT2D eigenvalue weighted by Gasteiger charge is 2.48. The summed E-state index contributed by atoms with van der Waals surface area (Å²) in [5.74, 6) is 1.37. The molecule has 1 aliphatic rings. The predicted octanol–water partition coefficient (Wildman–Crippen LogP) is 3.16. The molecule has 5 rings (SSSR count). The third kappa shape index (κ3) is 6.58. The summed E-state index contributed by atoms with van der Waals surface area (Å²) in [6.45, 7) is 1.91. The van der Waals surface area contributed by atoms with Crippen LogP contribution in [0.25, 0.3) is 0 Å². The van der Waals surface area contributed by atoms with Crippen LogP contribution in [0, 0.1) is 6.92 Å². The molecule has 4 atom stereocenters. The molecule has 0 bridgehead atoms. The lowest BCUT2D eigenvalue weighted by Gasteiger charge is -2.37. The summed E-state index contributed by atoms with van der Waals surface area (Å²) in [6, 6.07) is 24.9. The molecule has 0 amide bonds. The van der Waals surface area contributed by atoms with Gasteiger partial charge in [-0.15, -0.1) is 0 Å². The molecule has 1 aromatic heterocycles. The molecule has 0 spiro atoms. The van der Waals surface area contributed by atoms with Gasteiger partial charge in [0.05, 0.1) is 34.0 Å². The van der Waals surface area contributed by atoms with Crippen molar-refractivity contribution >= 4 is 0 Å². The maximum atomic E-state index is 12.9. The first-order chi connectivity index (χ1) is 21.8. The third-order valence-corrected chi connectivity index (χ3v) is 7.97. The van der Waals surface area contributed by atoms with E-state index in [0.29, 0.717) is 17.1 Å². The van der Waals surface area contributed by atoms with E-state index in [1.54, 1.807) is 21.1 Å². The van der Waals surface area contributed by atoms with E-state index < -0.39 is 41.4 Å². The van der Waals surface area contributed by atoms with Crippen molar-refractivity contribution in [2.24, 2.45) is 0 Å². The average molecular weight is 619 g/mol. The molecule has 0 saturated carbocycles. The van der Waals surface area contributed by atoms with Gasteiger partial charge in [-0.2, -0.15) is 0 Å². The van der Waals surface area contributed by atoms with Crippen molar-refractivity contribution in [2.45, 2.75) is 37.1 Å². The number of nitrogens with one attached hydrogen (secondary N) is 1. The number of aromatic nitrogens is 2. The molecule has 0 radical (unpaired) electrons. The fourth-order valence-corrected chi connectivity index (χ4v) is 5.58. The van der Waals surface area contributed by atoms with Crippen molar-refractivity contribution in [3.63, 3.8) is 0 Å². The smallest absolute Gasteiger partial charge is 0.330 e. The Bertz CT molecular complexity index is 1610. The van der Waals surface area contributed by atoms with Crippen LogP contribution in [0.15, 0.2) is 94.6 Å². The lowest BCUT2D eigenvalue weighted by molar-refractivity contribution is -0.0994. The molecule has 11 heteroatoms. The normalized spacial score (nSPS) is 19.8. The molecule has 11 nitrogen and oxygen atoms in total. The molecule has 0 aliphatic carbocycles. The second-order valence-electron chi connectivity index (χ2n) is 10.7. The Morgan fingerprint density at radius 2 is 1.42 bits per heavy atom. The zero-order chi connectivity index (χ0) is 32.0. The van der Waals surface area contributed by atoms with Crippen molar-refractivity contribution in [3.05, 3.63) is 128 Å². The minimum atomic E-state index is -1.19. The number of hydrogen-bond acceptors (Lipinski definition) is 9. The van der Waals surface area contributed by atoms with Gasteiger partial charge < -0.3 is 33.5 Å². The van der Waals surface area contributed by atoms with Crippen LogP contribution in [0.5, 0.6) is 11.5 Å². The Morgan fingerprint density at radius 3 is 1.98 bits per heavy atom. The molecule has 238 valence electrons. The second kappa shape index (κ2) is 14.2. The SMILES string of the molecule is COCCO[C@H]1[C@@H](O)[C@H](COC(c2ccccc2)(c2ccc(OC)cc2)c2ccc(OC)cc2)O[C@@H]1n1cc(C)c(=O)[nH]c1=O. The van der Waals surface area contributed by atoms with Crippen LogP contribution in [0.2, 0.25) is 0 Å². The van der Waals surface area contributed by atoms with Gasteiger partial charge in [0.1, 0.15) is 35.4 Å². The molecular weight excluding hydrogens is 580 g/mol. The number of hydrogen-bond donors (Lipinski definition) is 2. The molecule has 1 saturated heterocycles. The predicted molar refractivity (Wildman–Crippen MR) is 166 cm³/mol. The fourth-order valence-electron chi connectivity index (χ4n) is 5.58. The first-order valence-electron chi connectivity index (χ1n) is 14.6. The van der Waals surface area contributed by atoms with Gasteiger partial charge in [-0.25, -0.2) is 4.79 Å². The van der Waals surface area contributed by atoms with Gasteiger partial charge in [0.25, 0.3) is 5.56 Å². The summed E-state index contributed by atoms with van der Waals surface area (Å²) in [6.07, 6.45) is -2.70. The highest BCUT2D eigenvalue weighted by Crippen LogP contribution is 2.43. The fraction of sp³-hybridized carbons (Fsp3) is 0.353. The molecule has 1 fully saturated rings. The van der Waals surface area contributed by atoms with Crippen molar-refractivity contribution in [3.8, 4) is 11.5 Å². The Labute approximate surface area is 260 Å². The summed E-state index contributed by atoms with van der Waals surface area (Å²) in [5.41, 5.74) is 0.430. The number of benzene rings is 3. The highest BCUT2D eigenvalue weighted by atomic mass is 16.6. The number of aromatic amines is 1. The number of aryl methyl sites for hydroxylation is 1. The summed E-state index contributed by atoms with van der Waals surface area (Å²) in [4.78, 5) is 27.2. The van der Waals surface area contributed by atoms with Crippen LogP contribution in [-0.2, 0) is 24.5 Å². The molecule has 2 N–H and O–H groups in total. The molecular formula is C34H38N2O9. The van der Waals surface area contributed by atoms with Gasteiger partial charge in [0.15, 0.2) is 6.23 Å². The Morgan fingerprint density at radius 1 is 0.844 bits per heavy atom. The van der Waals surface area contributed by atoms with Crippen LogP contribution >= 0.6 is 0 Å².